The molecule has 0 bridgehead atoms. The molecule has 0 spiro atoms. The lowest BCUT2D eigenvalue weighted by Crippen LogP contribution is -2.22. The topological polar surface area (TPSA) is 57.8 Å². The Morgan fingerprint density at radius 1 is 1.35 bits per heavy atom. The van der Waals surface area contributed by atoms with Crippen LogP contribution < -0.4 is 5.32 Å². The van der Waals surface area contributed by atoms with Gasteiger partial charge in [-0.3, -0.25) is 9.89 Å². The standard InChI is InChI=1S/C16H19N3O/c1-13-15(12-18-19-13)8-5-11-17-16(20)10-9-14-6-3-2-4-7-14/h2-4,6-7,9-10,12H,5,8,11H2,1H3,(H,17,20)(H,18,19). The molecular formula is C16H19N3O. The van der Waals surface area contributed by atoms with Crippen LogP contribution in [0.2, 0.25) is 0 Å². The smallest absolute Gasteiger partial charge is 0.243 e. The number of nitrogens with one attached hydrogen (secondary N) is 2. The molecule has 0 radical (unpaired) electrons. The molecule has 0 fully saturated rings. The SMILES string of the molecule is Cc1[nH]ncc1CCCNC(=O)C=Cc1ccccc1. The Kier molecular flexibility index (Phi) is 5.12. The van der Waals surface area contributed by atoms with Crippen LogP contribution in [-0.4, -0.2) is 22.6 Å². The van der Waals surface area contributed by atoms with Gasteiger partial charge in [-0.1, -0.05) is 30.3 Å². The highest BCUT2D eigenvalue weighted by atomic mass is 16.1. The molecule has 1 aromatic carbocycles. The van der Waals surface area contributed by atoms with Gasteiger partial charge in [0.05, 0.1) is 6.20 Å². The fourth-order valence-electron chi connectivity index (χ4n) is 1.91. The van der Waals surface area contributed by atoms with Crippen LogP contribution >= 0.6 is 0 Å². The fraction of sp³-hybridized carbons (Fsp3) is 0.250. The highest BCUT2D eigenvalue weighted by Crippen LogP contribution is 2.05. The first kappa shape index (κ1) is 14.1. The molecular weight excluding hydrogens is 250 g/mol. The highest BCUT2D eigenvalue weighted by Gasteiger charge is 2.00. The maximum Gasteiger partial charge on any atom is 0.243 e. The fourth-order valence-corrected chi connectivity index (χ4v) is 1.91. The van der Waals surface area contributed by atoms with E-state index in [4.69, 9.17) is 0 Å². The van der Waals surface area contributed by atoms with Crippen molar-refractivity contribution >= 4 is 12.0 Å². The van der Waals surface area contributed by atoms with Gasteiger partial charge < -0.3 is 5.32 Å². The predicted octanol–water partition coefficient (Wildman–Crippen LogP) is 2.48. The maximum atomic E-state index is 11.6. The van der Waals surface area contributed by atoms with Gasteiger partial charge in [0.15, 0.2) is 0 Å². The van der Waals surface area contributed by atoms with E-state index in [-0.39, 0.29) is 5.91 Å². The second-order valence-electron chi connectivity index (χ2n) is 4.66. The van der Waals surface area contributed by atoms with Crippen molar-refractivity contribution in [1.82, 2.24) is 15.5 Å². The molecule has 1 amide bonds. The Labute approximate surface area is 118 Å². The van der Waals surface area contributed by atoms with E-state index >= 15 is 0 Å². The quantitative estimate of drug-likeness (QED) is 0.625. The Morgan fingerprint density at radius 2 is 2.15 bits per heavy atom. The lowest BCUT2D eigenvalue weighted by molar-refractivity contribution is -0.116. The number of H-pyrrole nitrogens is 1. The Hall–Kier alpha value is -2.36. The minimum Gasteiger partial charge on any atom is -0.353 e. The number of amides is 1. The van der Waals surface area contributed by atoms with E-state index in [0.29, 0.717) is 6.54 Å². The Morgan fingerprint density at radius 3 is 2.85 bits per heavy atom. The number of aromatic amines is 1. The van der Waals surface area contributed by atoms with Gasteiger partial charge >= 0.3 is 0 Å². The van der Waals surface area contributed by atoms with Gasteiger partial charge in [-0.25, -0.2) is 0 Å². The first-order valence-electron chi connectivity index (χ1n) is 6.75. The van der Waals surface area contributed by atoms with Crippen molar-refractivity contribution in [2.45, 2.75) is 19.8 Å². The monoisotopic (exact) mass is 269 g/mol. The van der Waals surface area contributed by atoms with Crippen molar-refractivity contribution in [1.29, 1.82) is 0 Å². The largest absolute Gasteiger partial charge is 0.353 e. The summed E-state index contributed by atoms with van der Waals surface area (Å²) >= 11 is 0. The summed E-state index contributed by atoms with van der Waals surface area (Å²) in [5.74, 6) is -0.0576. The summed E-state index contributed by atoms with van der Waals surface area (Å²) in [4.78, 5) is 11.6. The van der Waals surface area contributed by atoms with Crippen molar-refractivity contribution in [2.75, 3.05) is 6.54 Å². The third kappa shape index (κ3) is 4.39. The zero-order valence-corrected chi connectivity index (χ0v) is 11.6. The van der Waals surface area contributed by atoms with Crippen molar-refractivity contribution < 1.29 is 4.79 Å². The first-order chi connectivity index (χ1) is 9.75. The van der Waals surface area contributed by atoms with E-state index in [2.05, 4.69) is 15.5 Å². The molecule has 2 aromatic rings. The van der Waals surface area contributed by atoms with E-state index < -0.39 is 0 Å². The van der Waals surface area contributed by atoms with Crippen LogP contribution in [0.1, 0.15) is 23.2 Å². The summed E-state index contributed by atoms with van der Waals surface area (Å²) in [7, 11) is 0. The van der Waals surface area contributed by atoms with Crippen molar-refractivity contribution in [3.63, 3.8) is 0 Å². The molecule has 0 unspecified atom stereocenters. The lowest BCUT2D eigenvalue weighted by atomic mass is 10.1. The molecule has 2 rings (SSSR count). The molecule has 0 aliphatic rings. The second-order valence-corrected chi connectivity index (χ2v) is 4.66. The molecule has 0 saturated carbocycles. The molecule has 4 heteroatoms. The summed E-state index contributed by atoms with van der Waals surface area (Å²) in [5, 5.41) is 9.76. The number of aromatic nitrogens is 2. The number of carbonyl (C=O) groups excluding carboxylic acids is 1. The minimum absolute atomic E-state index is 0.0576. The zero-order valence-electron chi connectivity index (χ0n) is 11.6. The molecule has 1 aromatic heterocycles. The van der Waals surface area contributed by atoms with Gasteiger partial charge in [0.25, 0.3) is 0 Å². The van der Waals surface area contributed by atoms with Crippen LogP contribution in [0.4, 0.5) is 0 Å². The summed E-state index contributed by atoms with van der Waals surface area (Å²) in [6.07, 6.45) is 7.05. The molecule has 0 saturated heterocycles. The van der Waals surface area contributed by atoms with Gasteiger partial charge in [-0.05, 0) is 37.0 Å². The number of benzene rings is 1. The van der Waals surface area contributed by atoms with Crippen molar-refractivity contribution in [3.8, 4) is 0 Å². The maximum absolute atomic E-state index is 11.6. The van der Waals surface area contributed by atoms with Crippen LogP contribution in [0.3, 0.4) is 0 Å². The number of aryl methyl sites for hydroxylation is 2. The number of hydrogen-bond donors (Lipinski definition) is 2. The first-order valence-corrected chi connectivity index (χ1v) is 6.75. The molecule has 0 aliphatic carbocycles. The average molecular weight is 269 g/mol. The van der Waals surface area contributed by atoms with Gasteiger partial charge in [0.1, 0.15) is 0 Å². The van der Waals surface area contributed by atoms with Crippen LogP contribution in [-0.2, 0) is 11.2 Å². The third-order valence-corrected chi connectivity index (χ3v) is 3.08. The molecule has 0 aliphatic heterocycles. The summed E-state index contributed by atoms with van der Waals surface area (Å²) in [5.41, 5.74) is 3.33. The van der Waals surface area contributed by atoms with E-state index in [1.54, 1.807) is 6.08 Å². The Bertz CT molecular complexity index is 572. The minimum atomic E-state index is -0.0576. The summed E-state index contributed by atoms with van der Waals surface area (Å²) < 4.78 is 0. The molecule has 20 heavy (non-hydrogen) atoms. The Balaban J connectivity index is 1.68. The number of nitrogens with zero attached hydrogens (tertiary/aromatic N) is 1. The molecule has 2 N–H and O–H groups in total. The predicted molar refractivity (Wildman–Crippen MR) is 80.1 cm³/mol. The van der Waals surface area contributed by atoms with Crippen molar-refractivity contribution in [2.24, 2.45) is 0 Å². The van der Waals surface area contributed by atoms with Gasteiger partial charge in [0, 0.05) is 18.3 Å². The molecule has 4 nitrogen and oxygen atoms in total. The van der Waals surface area contributed by atoms with E-state index in [1.165, 1.54) is 5.56 Å². The van der Waals surface area contributed by atoms with Crippen LogP contribution in [0.25, 0.3) is 6.08 Å². The second kappa shape index (κ2) is 7.28. The average Bonchev–Trinajstić information content (AvgIpc) is 2.88. The lowest BCUT2D eigenvalue weighted by Gasteiger charge is -2.02. The summed E-state index contributed by atoms with van der Waals surface area (Å²) in [6.45, 7) is 2.67. The summed E-state index contributed by atoms with van der Waals surface area (Å²) in [6, 6.07) is 9.78. The van der Waals surface area contributed by atoms with Crippen LogP contribution in [0.15, 0.2) is 42.6 Å². The van der Waals surface area contributed by atoms with Gasteiger partial charge in [0.2, 0.25) is 5.91 Å². The third-order valence-electron chi connectivity index (χ3n) is 3.08. The number of carbonyl (C=O) groups is 1. The van der Waals surface area contributed by atoms with Gasteiger partial charge in [-0.15, -0.1) is 0 Å². The van der Waals surface area contributed by atoms with E-state index in [9.17, 15) is 4.79 Å². The number of rotatable bonds is 6. The van der Waals surface area contributed by atoms with Gasteiger partial charge in [-0.2, -0.15) is 5.10 Å². The van der Waals surface area contributed by atoms with Crippen LogP contribution in [0.5, 0.6) is 0 Å². The molecule has 1 heterocycles. The van der Waals surface area contributed by atoms with E-state index in [1.807, 2.05) is 49.5 Å². The van der Waals surface area contributed by atoms with Crippen molar-refractivity contribution in [3.05, 3.63) is 59.4 Å². The normalized spacial score (nSPS) is 10.8. The zero-order chi connectivity index (χ0) is 14.2. The van der Waals surface area contributed by atoms with E-state index in [0.717, 1.165) is 24.1 Å². The number of hydrogen-bond acceptors (Lipinski definition) is 2. The highest BCUT2D eigenvalue weighted by molar-refractivity contribution is 5.91. The molecule has 0 atom stereocenters. The molecule has 104 valence electrons. The van der Waals surface area contributed by atoms with Crippen LogP contribution in [0, 0.1) is 6.92 Å².